The first-order valence-electron chi connectivity index (χ1n) is 4.21. The summed E-state index contributed by atoms with van der Waals surface area (Å²) in [5, 5.41) is 4.36. The first kappa shape index (κ1) is 11.4. The highest BCUT2D eigenvalue weighted by Gasteiger charge is 2.04. The number of hydrogen-bond acceptors (Lipinski definition) is 3. The van der Waals surface area contributed by atoms with Crippen LogP contribution in [0.15, 0.2) is 29.4 Å². The summed E-state index contributed by atoms with van der Waals surface area (Å²) in [6, 6.07) is 7.02. The van der Waals surface area contributed by atoms with Crippen LogP contribution in [0.4, 0.5) is 0 Å². The van der Waals surface area contributed by atoms with Crippen LogP contribution >= 0.6 is 11.6 Å². The molecule has 1 aromatic carbocycles. The Morgan fingerprint density at radius 3 is 2.67 bits per heavy atom. The van der Waals surface area contributed by atoms with Crippen LogP contribution in [-0.4, -0.2) is 19.6 Å². The van der Waals surface area contributed by atoms with Gasteiger partial charge in [-0.3, -0.25) is 0 Å². The lowest BCUT2D eigenvalue weighted by Crippen LogP contribution is -2.07. The summed E-state index contributed by atoms with van der Waals surface area (Å²) < 4.78 is 5.20. The van der Waals surface area contributed by atoms with E-state index in [9.17, 15) is 0 Å². The average molecular weight is 224 g/mol. The Hall–Kier alpha value is -1.66. The lowest BCUT2D eigenvalue weighted by molar-refractivity contribution is 0.196. The van der Waals surface area contributed by atoms with Crippen molar-refractivity contribution in [3.63, 3.8) is 0 Å². The van der Waals surface area contributed by atoms with Gasteiger partial charge in [0, 0.05) is 10.6 Å². The molecule has 0 radical (unpaired) electrons. The fourth-order valence-corrected chi connectivity index (χ4v) is 1.07. The van der Waals surface area contributed by atoms with Gasteiger partial charge in [-0.15, -0.1) is 6.42 Å². The molecule has 0 saturated carbocycles. The lowest BCUT2D eigenvalue weighted by Gasteiger charge is -2.05. The lowest BCUT2D eigenvalue weighted by atomic mass is 10.2. The third-order valence-electron chi connectivity index (χ3n) is 1.56. The van der Waals surface area contributed by atoms with E-state index in [1.54, 1.807) is 24.3 Å². The van der Waals surface area contributed by atoms with Gasteiger partial charge in [0.05, 0.1) is 0 Å². The number of benzene rings is 1. The van der Waals surface area contributed by atoms with Crippen LogP contribution < -0.4 is 0 Å². The van der Waals surface area contributed by atoms with E-state index in [1.807, 2.05) is 0 Å². The summed E-state index contributed by atoms with van der Waals surface area (Å²) in [7, 11) is 1.44. The number of rotatable bonds is 3. The largest absolute Gasteiger partial charge is 0.462 e. The van der Waals surface area contributed by atoms with E-state index in [0.717, 1.165) is 5.56 Å². The van der Waals surface area contributed by atoms with E-state index in [4.69, 9.17) is 22.8 Å². The average Bonchev–Trinajstić information content (AvgIpc) is 2.25. The van der Waals surface area contributed by atoms with Gasteiger partial charge in [0.2, 0.25) is 0 Å². The second-order valence-electron chi connectivity index (χ2n) is 2.58. The Morgan fingerprint density at radius 2 is 2.13 bits per heavy atom. The van der Waals surface area contributed by atoms with Gasteiger partial charge in [0.15, 0.2) is 6.61 Å². The summed E-state index contributed by atoms with van der Waals surface area (Å²) in [6.45, 7) is 0.144. The molecule has 0 aromatic heterocycles. The second-order valence-corrected chi connectivity index (χ2v) is 3.02. The summed E-state index contributed by atoms with van der Waals surface area (Å²) >= 11 is 5.75. The quantitative estimate of drug-likeness (QED) is 0.341. The standard InChI is InChI=1S/C11H10ClNO2/c1-3-8-15-11(13-14-2)9-4-6-10(12)7-5-9/h1,4-7H,8H2,2H3. The minimum absolute atomic E-state index is 0.144. The Labute approximate surface area is 93.6 Å². The van der Waals surface area contributed by atoms with Gasteiger partial charge in [-0.1, -0.05) is 17.5 Å². The molecule has 0 atom stereocenters. The van der Waals surface area contributed by atoms with Crippen LogP contribution in [0.3, 0.4) is 0 Å². The molecule has 15 heavy (non-hydrogen) atoms. The van der Waals surface area contributed by atoms with Crippen molar-refractivity contribution in [1.29, 1.82) is 0 Å². The number of halogens is 1. The molecular weight excluding hydrogens is 214 g/mol. The maximum atomic E-state index is 5.75. The van der Waals surface area contributed by atoms with E-state index in [2.05, 4.69) is 15.9 Å². The van der Waals surface area contributed by atoms with Crippen LogP contribution in [-0.2, 0) is 9.57 Å². The Bertz CT molecular complexity index is 379. The van der Waals surface area contributed by atoms with Crippen LogP contribution in [0, 0.1) is 12.3 Å². The van der Waals surface area contributed by atoms with Crippen LogP contribution in [0.1, 0.15) is 5.56 Å². The fourth-order valence-electron chi connectivity index (χ4n) is 0.948. The van der Waals surface area contributed by atoms with Gasteiger partial charge in [-0.25, -0.2) is 0 Å². The van der Waals surface area contributed by atoms with Crippen molar-refractivity contribution >= 4 is 17.5 Å². The molecule has 0 fully saturated rings. The molecule has 4 heteroatoms. The molecule has 3 nitrogen and oxygen atoms in total. The van der Waals surface area contributed by atoms with Crippen LogP contribution in [0.25, 0.3) is 0 Å². The van der Waals surface area contributed by atoms with Crippen molar-refractivity contribution in [3.05, 3.63) is 34.9 Å². The van der Waals surface area contributed by atoms with E-state index in [1.165, 1.54) is 7.11 Å². The molecule has 0 aliphatic heterocycles. The van der Waals surface area contributed by atoms with Gasteiger partial charge in [-0.2, -0.15) is 0 Å². The van der Waals surface area contributed by atoms with E-state index in [-0.39, 0.29) is 6.61 Å². The summed E-state index contributed by atoms with van der Waals surface area (Å²) in [4.78, 5) is 4.65. The highest BCUT2D eigenvalue weighted by atomic mass is 35.5. The number of ether oxygens (including phenoxy) is 1. The second kappa shape index (κ2) is 5.94. The normalized spacial score (nSPS) is 10.6. The number of oxime groups is 1. The minimum atomic E-state index is 0.144. The highest BCUT2D eigenvalue weighted by Crippen LogP contribution is 2.11. The topological polar surface area (TPSA) is 30.8 Å². The highest BCUT2D eigenvalue weighted by molar-refractivity contribution is 6.30. The molecule has 0 saturated heterocycles. The molecule has 0 aliphatic rings. The van der Waals surface area contributed by atoms with Crippen molar-refractivity contribution in [2.45, 2.75) is 0 Å². The van der Waals surface area contributed by atoms with Crippen LogP contribution in [0.5, 0.6) is 0 Å². The molecule has 78 valence electrons. The third-order valence-corrected chi connectivity index (χ3v) is 1.81. The smallest absolute Gasteiger partial charge is 0.258 e. The molecule has 0 aliphatic carbocycles. The Morgan fingerprint density at radius 1 is 1.47 bits per heavy atom. The third kappa shape index (κ3) is 3.53. The van der Waals surface area contributed by atoms with E-state index in [0.29, 0.717) is 10.9 Å². The zero-order valence-corrected chi connectivity index (χ0v) is 8.99. The van der Waals surface area contributed by atoms with Gasteiger partial charge in [0.25, 0.3) is 5.90 Å². The number of nitrogens with zero attached hydrogens (tertiary/aromatic N) is 1. The molecule has 0 bridgehead atoms. The Balaban J connectivity index is 2.85. The molecule has 1 rings (SSSR count). The zero-order chi connectivity index (χ0) is 11.1. The molecule has 1 aromatic rings. The van der Waals surface area contributed by atoms with Crippen molar-refractivity contribution in [2.24, 2.45) is 5.16 Å². The van der Waals surface area contributed by atoms with Crippen molar-refractivity contribution in [3.8, 4) is 12.3 Å². The van der Waals surface area contributed by atoms with Gasteiger partial charge >= 0.3 is 0 Å². The molecule has 0 unspecified atom stereocenters. The summed E-state index contributed by atoms with van der Waals surface area (Å²) in [6.07, 6.45) is 5.08. The van der Waals surface area contributed by atoms with Crippen molar-refractivity contribution in [2.75, 3.05) is 13.7 Å². The first-order valence-corrected chi connectivity index (χ1v) is 4.59. The fraction of sp³-hybridized carbons (Fsp3) is 0.182. The maximum absolute atomic E-state index is 5.75. The predicted molar refractivity (Wildman–Crippen MR) is 59.8 cm³/mol. The van der Waals surface area contributed by atoms with Crippen molar-refractivity contribution in [1.82, 2.24) is 0 Å². The minimum Gasteiger partial charge on any atom is -0.462 e. The van der Waals surface area contributed by atoms with Gasteiger partial charge in [-0.05, 0) is 29.4 Å². The van der Waals surface area contributed by atoms with E-state index < -0.39 is 0 Å². The first-order chi connectivity index (χ1) is 7.27. The van der Waals surface area contributed by atoms with Gasteiger partial charge < -0.3 is 9.57 Å². The summed E-state index contributed by atoms with van der Waals surface area (Å²) in [5.41, 5.74) is 0.761. The van der Waals surface area contributed by atoms with Crippen LogP contribution in [0.2, 0.25) is 5.02 Å². The monoisotopic (exact) mass is 223 g/mol. The predicted octanol–water partition coefficient (Wildman–Crippen LogP) is 2.30. The van der Waals surface area contributed by atoms with Crippen molar-refractivity contribution < 1.29 is 9.57 Å². The number of hydrogen-bond donors (Lipinski definition) is 0. The van der Waals surface area contributed by atoms with E-state index >= 15 is 0 Å². The van der Waals surface area contributed by atoms with Gasteiger partial charge in [0.1, 0.15) is 7.11 Å². The maximum Gasteiger partial charge on any atom is 0.258 e. The zero-order valence-electron chi connectivity index (χ0n) is 8.24. The molecular formula is C11H10ClNO2. The molecule has 0 N–H and O–H groups in total. The SMILES string of the molecule is C#CCOC(=NOC)c1ccc(Cl)cc1. The molecule has 0 heterocycles. The molecule has 0 spiro atoms. The number of terminal acetylenes is 1. The molecule has 0 amide bonds. The summed E-state index contributed by atoms with van der Waals surface area (Å²) in [5.74, 6) is 2.69. The Kier molecular flexibility index (Phi) is 4.52.